The van der Waals surface area contributed by atoms with E-state index in [9.17, 15) is 4.79 Å². The van der Waals surface area contributed by atoms with Gasteiger partial charge in [0.25, 0.3) is 0 Å². The summed E-state index contributed by atoms with van der Waals surface area (Å²) in [6.07, 6.45) is 1.05. The number of fused-ring (bicyclic) bond motifs is 2. The molecule has 0 fully saturated rings. The van der Waals surface area contributed by atoms with Gasteiger partial charge in [-0.3, -0.25) is 4.79 Å². The van der Waals surface area contributed by atoms with Gasteiger partial charge in [0.2, 0.25) is 5.91 Å². The Morgan fingerprint density at radius 1 is 0.897 bits per heavy atom. The molecule has 7 heteroatoms. The molecular weight excluding hydrogens is 402 g/mol. The number of benzene rings is 2. The van der Waals surface area contributed by atoms with Crippen LogP contribution in [0.4, 0.5) is 0 Å². The Balaban J connectivity index is 1.17. The highest BCUT2D eigenvalue weighted by atomic mass is 32.1. The second-order valence-corrected chi connectivity index (χ2v) is 8.75. The van der Waals surface area contributed by atoms with Crippen molar-refractivity contribution in [2.24, 2.45) is 0 Å². The summed E-state index contributed by atoms with van der Waals surface area (Å²) in [4.78, 5) is 21.4. The molecule has 2 aromatic carbocycles. The lowest BCUT2D eigenvalue weighted by molar-refractivity contribution is -0.121. The molecule has 1 amide bonds. The molecule has 0 aliphatic rings. The number of aryl methyl sites for hydroxylation is 1. The van der Waals surface area contributed by atoms with Gasteiger partial charge in [0, 0.05) is 12.8 Å². The number of carbonyl (C=O) groups is 1. The van der Waals surface area contributed by atoms with E-state index in [1.165, 1.54) is 0 Å². The van der Waals surface area contributed by atoms with Gasteiger partial charge in [0.05, 0.1) is 32.0 Å². The van der Waals surface area contributed by atoms with Crippen LogP contribution >= 0.6 is 22.7 Å². The van der Waals surface area contributed by atoms with E-state index in [2.05, 4.69) is 21.4 Å². The summed E-state index contributed by atoms with van der Waals surface area (Å²) in [6, 6.07) is 19.8. The van der Waals surface area contributed by atoms with Crippen LogP contribution in [0.25, 0.3) is 31.2 Å². The summed E-state index contributed by atoms with van der Waals surface area (Å²) in [7, 11) is 0. The van der Waals surface area contributed by atoms with Gasteiger partial charge in [-0.05, 0) is 36.4 Å². The highest BCUT2D eigenvalue weighted by Crippen LogP contribution is 2.31. The van der Waals surface area contributed by atoms with Crippen LogP contribution in [0.2, 0.25) is 0 Å². The van der Waals surface area contributed by atoms with Crippen LogP contribution < -0.4 is 5.32 Å². The van der Waals surface area contributed by atoms with Gasteiger partial charge in [-0.25, -0.2) is 9.97 Å². The Morgan fingerprint density at radius 3 is 2.38 bits per heavy atom. The van der Waals surface area contributed by atoms with Crippen LogP contribution in [0.1, 0.15) is 17.2 Å². The Bertz CT molecular complexity index is 1240. The number of hydrogen-bond donors (Lipinski definition) is 1. The number of carbonyl (C=O) groups excluding carboxylic acids is 1. The number of nitrogens with one attached hydrogen (secondary N) is 1. The van der Waals surface area contributed by atoms with Crippen molar-refractivity contribution in [3.05, 3.63) is 71.4 Å². The van der Waals surface area contributed by atoms with E-state index < -0.39 is 0 Å². The van der Waals surface area contributed by atoms with E-state index in [-0.39, 0.29) is 5.91 Å². The number of rotatable bonds is 6. The average molecular weight is 420 g/mol. The average Bonchev–Trinajstić information content (AvgIpc) is 3.47. The van der Waals surface area contributed by atoms with Crippen molar-refractivity contribution in [1.82, 2.24) is 15.3 Å². The van der Waals surface area contributed by atoms with Crippen molar-refractivity contribution in [2.45, 2.75) is 19.4 Å². The number of aromatic nitrogens is 2. The number of nitrogens with zero attached hydrogens (tertiary/aromatic N) is 2. The molecule has 5 nitrogen and oxygen atoms in total. The molecule has 0 radical (unpaired) electrons. The summed E-state index contributed by atoms with van der Waals surface area (Å²) in [5.41, 5.74) is 1.96. The number of para-hydroxylation sites is 2. The fourth-order valence-corrected chi connectivity index (χ4v) is 4.98. The third-order valence-electron chi connectivity index (χ3n) is 4.53. The Kier molecular flexibility index (Phi) is 4.83. The monoisotopic (exact) mass is 419 g/mol. The molecule has 3 aromatic heterocycles. The first kappa shape index (κ1) is 18.0. The largest absolute Gasteiger partial charge is 0.457 e. The zero-order valence-electron chi connectivity index (χ0n) is 15.4. The van der Waals surface area contributed by atoms with Crippen molar-refractivity contribution in [3.63, 3.8) is 0 Å². The summed E-state index contributed by atoms with van der Waals surface area (Å²) in [5.74, 6) is 1.43. The zero-order valence-corrected chi connectivity index (χ0v) is 17.1. The maximum atomic E-state index is 12.2. The lowest BCUT2D eigenvalue weighted by atomic mass is 10.3. The summed E-state index contributed by atoms with van der Waals surface area (Å²) >= 11 is 3.24. The molecule has 0 aliphatic heterocycles. The summed E-state index contributed by atoms with van der Waals surface area (Å²) < 4.78 is 8.16. The highest BCUT2D eigenvalue weighted by Gasteiger charge is 2.12. The van der Waals surface area contributed by atoms with Crippen LogP contribution in [-0.2, 0) is 17.8 Å². The van der Waals surface area contributed by atoms with Gasteiger partial charge in [-0.1, -0.05) is 24.3 Å². The molecular formula is C22H17N3O2S2. The van der Waals surface area contributed by atoms with Gasteiger partial charge >= 0.3 is 0 Å². The third-order valence-corrected chi connectivity index (χ3v) is 6.68. The van der Waals surface area contributed by atoms with Crippen molar-refractivity contribution in [2.75, 3.05) is 0 Å². The Labute approximate surface area is 175 Å². The van der Waals surface area contributed by atoms with Crippen molar-refractivity contribution in [3.8, 4) is 10.8 Å². The molecule has 29 heavy (non-hydrogen) atoms. The predicted molar refractivity (Wildman–Crippen MR) is 117 cm³/mol. The highest BCUT2D eigenvalue weighted by molar-refractivity contribution is 7.21. The molecule has 0 unspecified atom stereocenters. The van der Waals surface area contributed by atoms with Crippen molar-refractivity contribution in [1.29, 1.82) is 0 Å². The molecule has 0 saturated heterocycles. The normalized spacial score (nSPS) is 11.3. The molecule has 0 bridgehead atoms. The number of hydrogen-bond acceptors (Lipinski definition) is 6. The molecule has 0 atom stereocenters. The molecule has 3 heterocycles. The van der Waals surface area contributed by atoms with Gasteiger partial charge < -0.3 is 9.73 Å². The number of furan rings is 1. The second-order valence-electron chi connectivity index (χ2n) is 6.60. The summed E-state index contributed by atoms with van der Waals surface area (Å²) in [6.45, 7) is 0.365. The SMILES string of the molecule is O=C(CCc1nc2ccccc2s1)NCc1ccc(-c2nc3ccccc3s2)o1. The zero-order chi connectivity index (χ0) is 19.6. The topological polar surface area (TPSA) is 68.0 Å². The third kappa shape index (κ3) is 3.92. The maximum absolute atomic E-state index is 12.2. The van der Waals surface area contributed by atoms with Crippen LogP contribution in [-0.4, -0.2) is 15.9 Å². The van der Waals surface area contributed by atoms with Gasteiger partial charge in [0.1, 0.15) is 5.76 Å². The number of thiazole rings is 2. The van der Waals surface area contributed by atoms with Crippen LogP contribution in [0, 0.1) is 0 Å². The molecule has 5 aromatic rings. The van der Waals surface area contributed by atoms with E-state index >= 15 is 0 Å². The minimum absolute atomic E-state index is 0.0119. The first-order valence-electron chi connectivity index (χ1n) is 9.30. The lowest BCUT2D eigenvalue weighted by Crippen LogP contribution is -2.22. The van der Waals surface area contributed by atoms with E-state index in [0.717, 1.165) is 36.2 Å². The molecule has 5 rings (SSSR count). The van der Waals surface area contributed by atoms with E-state index in [1.54, 1.807) is 22.7 Å². The van der Waals surface area contributed by atoms with E-state index in [4.69, 9.17) is 4.42 Å². The molecule has 144 valence electrons. The van der Waals surface area contributed by atoms with E-state index in [0.29, 0.717) is 25.1 Å². The molecule has 1 N–H and O–H groups in total. The fraction of sp³-hybridized carbons (Fsp3) is 0.136. The predicted octanol–water partition coefficient (Wildman–Crippen LogP) is 5.42. The molecule has 0 spiro atoms. The first-order valence-corrected chi connectivity index (χ1v) is 10.9. The lowest BCUT2D eigenvalue weighted by Gasteiger charge is -2.02. The van der Waals surface area contributed by atoms with E-state index in [1.807, 2.05) is 54.6 Å². The Hall–Kier alpha value is -3.03. The second kappa shape index (κ2) is 7.77. The number of amides is 1. The quantitative estimate of drug-likeness (QED) is 0.399. The molecule has 0 saturated carbocycles. The smallest absolute Gasteiger partial charge is 0.220 e. The van der Waals surface area contributed by atoms with Crippen molar-refractivity contribution >= 4 is 49.0 Å². The van der Waals surface area contributed by atoms with Crippen LogP contribution in [0.15, 0.2) is 65.1 Å². The molecule has 0 aliphatic carbocycles. The van der Waals surface area contributed by atoms with Gasteiger partial charge in [-0.2, -0.15) is 0 Å². The maximum Gasteiger partial charge on any atom is 0.220 e. The Morgan fingerprint density at radius 2 is 1.62 bits per heavy atom. The van der Waals surface area contributed by atoms with Crippen LogP contribution in [0.5, 0.6) is 0 Å². The van der Waals surface area contributed by atoms with Gasteiger partial charge in [-0.15, -0.1) is 22.7 Å². The summed E-state index contributed by atoms with van der Waals surface area (Å²) in [5, 5.41) is 4.75. The minimum atomic E-state index is -0.0119. The first-order chi connectivity index (χ1) is 14.2. The van der Waals surface area contributed by atoms with Gasteiger partial charge in [0.15, 0.2) is 10.8 Å². The van der Waals surface area contributed by atoms with Crippen LogP contribution in [0.3, 0.4) is 0 Å². The fourth-order valence-electron chi connectivity index (χ4n) is 3.09. The van der Waals surface area contributed by atoms with Crippen molar-refractivity contribution < 1.29 is 9.21 Å². The standard InChI is InChI=1S/C22H17N3O2S2/c26-20(11-12-21-24-15-5-1-3-7-18(15)28-21)23-13-14-9-10-17(27-14)22-25-16-6-2-4-8-19(16)29-22/h1-10H,11-13H2,(H,23,26). The minimum Gasteiger partial charge on any atom is -0.457 e.